The lowest BCUT2D eigenvalue weighted by molar-refractivity contribution is 0.00578. The van der Waals surface area contributed by atoms with Crippen molar-refractivity contribution in [3.05, 3.63) is 54.1 Å². The summed E-state index contributed by atoms with van der Waals surface area (Å²) in [6, 6.07) is 8.68. The molecule has 0 radical (unpaired) electrons. The molecule has 27 heavy (non-hydrogen) atoms. The van der Waals surface area contributed by atoms with E-state index in [0.717, 1.165) is 17.6 Å². The van der Waals surface area contributed by atoms with Gasteiger partial charge in [0.25, 0.3) is 10.0 Å². The van der Waals surface area contributed by atoms with Gasteiger partial charge in [-0.15, -0.1) is 0 Å². The first kappa shape index (κ1) is 19.8. The summed E-state index contributed by atoms with van der Waals surface area (Å²) in [5.41, 5.74) is -0.0145. The van der Waals surface area contributed by atoms with E-state index >= 15 is 0 Å². The molecule has 0 amide bonds. The van der Waals surface area contributed by atoms with Gasteiger partial charge in [0, 0.05) is 11.8 Å². The van der Waals surface area contributed by atoms with E-state index in [1.165, 1.54) is 12.1 Å². The molecule has 2 aromatic carbocycles. The van der Waals surface area contributed by atoms with Crippen molar-refractivity contribution in [3.63, 3.8) is 0 Å². The van der Waals surface area contributed by atoms with Crippen LogP contribution in [-0.4, -0.2) is 26.7 Å². The molecule has 2 aromatic rings. The largest absolute Gasteiger partial charge is 0.494 e. The summed E-state index contributed by atoms with van der Waals surface area (Å²) in [4.78, 5) is -0.626. The zero-order valence-corrected chi connectivity index (χ0v) is 16.2. The van der Waals surface area contributed by atoms with Gasteiger partial charge >= 0.3 is 7.12 Å². The predicted octanol–water partition coefficient (Wildman–Crippen LogP) is 3.06. The van der Waals surface area contributed by atoms with Crippen LogP contribution in [0.4, 0.5) is 14.5 Å². The molecular formula is C18H20BF2NO4S. The molecule has 144 valence electrons. The number of anilines is 1. The van der Waals surface area contributed by atoms with Crippen molar-refractivity contribution in [2.45, 2.75) is 43.8 Å². The van der Waals surface area contributed by atoms with Crippen LogP contribution in [0.25, 0.3) is 0 Å². The van der Waals surface area contributed by atoms with Crippen LogP contribution in [0.3, 0.4) is 0 Å². The molecule has 1 aliphatic heterocycles. The van der Waals surface area contributed by atoms with Crippen molar-refractivity contribution in [2.75, 3.05) is 4.72 Å². The Morgan fingerprint density at radius 2 is 1.48 bits per heavy atom. The molecule has 0 saturated carbocycles. The molecule has 5 nitrogen and oxygen atoms in total. The van der Waals surface area contributed by atoms with Crippen molar-refractivity contribution in [3.8, 4) is 0 Å². The number of halogens is 2. The van der Waals surface area contributed by atoms with Crippen LogP contribution < -0.4 is 10.2 Å². The maximum Gasteiger partial charge on any atom is 0.494 e. The molecule has 1 N–H and O–H groups in total. The Kier molecular flexibility index (Phi) is 4.82. The maximum absolute atomic E-state index is 13.8. The van der Waals surface area contributed by atoms with Crippen LogP contribution in [-0.2, 0) is 19.3 Å². The topological polar surface area (TPSA) is 64.6 Å². The normalized spacial score (nSPS) is 18.5. The second kappa shape index (κ2) is 6.58. The van der Waals surface area contributed by atoms with E-state index in [4.69, 9.17) is 9.31 Å². The monoisotopic (exact) mass is 395 g/mol. The highest BCUT2D eigenvalue weighted by Gasteiger charge is 2.51. The molecule has 0 aliphatic carbocycles. The average Bonchev–Trinajstić information content (AvgIpc) is 2.75. The Morgan fingerprint density at radius 3 is 2.00 bits per heavy atom. The second-order valence-corrected chi connectivity index (χ2v) is 9.04. The van der Waals surface area contributed by atoms with Crippen molar-refractivity contribution in [1.82, 2.24) is 0 Å². The summed E-state index contributed by atoms with van der Waals surface area (Å²) in [7, 11) is -4.76. The molecule has 1 heterocycles. The highest BCUT2D eigenvalue weighted by Crippen LogP contribution is 2.36. The van der Waals surface area contributed by atoms with Gasteiger partial charge in [0.15, 0.2) is 0 Å². The molecule has 0 unspecified atom stereocenters. The van der Waals surface area contributed by atoms with Gasteiger partial charge in [0.1, 0.15) is 16.5 Å². The first-order chi connectivity index (χ1) is 12.4. The quantitative estimate of drug-likeness (QED) is 0.809. The Balaban J connectivity index is 1.78. The van der Waals surface area contributed by atoms with Crippen LogP contribution in [0.15, 0.2) is 47.4 Å². The third-order valence-corrected chi connectivity index (χ3v) is 6.29. The maximum atomic E-state index is 13.8. The first-order valence-corrected chi connectivity index (χ1v) is 9.83. The lowest BCUT2D eigenvalue weighted by Crippen LogP contribution is -2.41. The van der Waals surface area contributed by atoms with Gasteiger partial charge < -0.3 is 9.31 Å². The minimum absolute atomic E-state index is 0.235. The van der Waals surface area contributed by atoms with Crippen molar-refractivity contribution in [2.24, 2.45) is 0 Å². The summed E-state index contributed by atoms with van der Waals surface area (Å²) >= 11 is 0. The van der Waals surface area contributed by atoms with Gasteiger partial charge in [-0.1, -0.05) is 12.1 Å². The Morgan fingerprint density at radius 1 is 0.926 bits per heavy atom. The lowest BCUT2D eigenvalue weighted by atomic mass is 9.79. The minimum Gasteiger partial charge on any atom is -0.399 e. The Labute approximate surface area is 157 Å². The van der Waals surface area contributed by atoms with Gasteiger partial charge in [0.2, 0.25) is 0 Å². The van der Waals surface area contributed by atoms with Gasteiger partial charge in [-0.25, -0.2) is 17.2 Å². The average molecular weight is 395 g/mol. The molecule has 0 spiro atoms. The molecular weight excluding hydrogens is 375 g/mol. The fraction of sp³-hybridized carbons (Fsp3) is 0.333. The molecule has 1 fully saturated rings. The van der Waals surface area contributed by atoms with Crippen molar-refractivity contribution < 1.29 is 26.5 Å². The van der Waals surface area contributed by atoms with Gasteiger partial charge in [-0.3, -0.25) is 4.72 Å². The molecule has 0 aromatic heterocycles. The van der Waals surface area contributed by atoms with Gasteiger partial charge in [0.05, 0.1) is 11.2 Å². The van der Waals surface area contributed by atoms with E-state index in [1.807, 2.05) is 27.7 Å². The highest BCUT2D eigenvalue weighted by molar-refractivity contribution is 7.92. The fourth-order valence-corrected chi connectivity index (χ4v) is 3.71. The van der Waals surface area contributed by atoms with E-state index in [9.17, 15) is 17.2 Å². The SMILES string of the molecule is CC1(C)OB(c2ccc(NS(=O)(=O)c3ccc(F)cc3F)cc2)OC1(C)C. The summed E-state index contributed by atoms with van der Waals surface area (Å²) in [5.74, 6) is -2.01. The number of hydrogen-bond acceptors (Lipinski definition) is 4. The molecule has 0 bridgehead atoms. The second-order valence-electron chi connectivity index (χ2n) is 7.39. The van der Waals surface area contributed by atoms with E-state index in [0.29, 0.717) is 6.07 Å². The summed E-state index contributed by atoms with van der Waals surface area (Å²) in [6.45, 7) is 7.75. The molecule has 3 rings (SSSR count). The van der Waals surface area contributed by atoms with Crippen LogP contribution in [0, 0.1) is 11.6 Å². The lowest BCUT2D eigenvalue weighted by Gasteiger charge is -2.32. The number of rotatable bonds is 4. The van der Waals surface area contributed by atoms with Crippen molar-refractivity contribution in [1.29, 1.82) is 0 Å². The third kappa shape index (κ3) is 3.85. The Bertz CT molecular complexity index is 946. The van der Waals surface area contributed by atoms with Crippen LogP contribution in [0.1, 0.15) is 27.7 Å². The van der Waals surface area contributed by atoms with Gasteiger partial charge in [-0.2, -0.15) is 0 Å². The Hall–Kier alpha value is -1.97. The molecule has 0 atom stereocenters. The molecule has 9 heteroatoms. The zero-order chi connectivity index (χ0) is 20.0. The number of sulfonamides is 1. The van der Waals surface area contributed by atoms with E-state index in [1.54, 1.807) is 12.1 Å². The number of hydrogen-bond donors (Lipinski definition) is 1. The van der Waals surface area contributed by atoms with Gasteiger partial charge in [-0.05, 0) is 57.4 Å². The fourth-order valence-electron chi connectivity index (χ4n) is 2.59. The van der Waals surface area contributed by atoms with E-state index in [2.05, 4.69) is 4.72 Å². The summed E-state index contributed by atoms with van der Waals surface area (Å²) in [6.07, 6.45) is 0. The van der Waals surface area contributed by atoms with Crippen LogP contribution in [0.2, 0.25) is 0 Å². The summed E-state index contributed by atoms with van der Waals surface area (Å²) < 4.78 is 65.6. The van der Waals surface area contributed by atoms with E-state index < -0.39 is 44.9 Å². The number of benzene rings is 2. The first-order valence-electron chi connectivity index (χ1n) is 8.35. The molecule has 1 aliphatic rings. The van der Waals surface area contributed by atoms with E-state index in [-0.39, 0.29) is 5.69 Å². The number of nitrogens with one attached hydrogen (secondary N) is 1. The zero-order valence-electron chi connectivity index (χ0n) is 15.4. The minimum atomic E-state index is -4.18. The summed E-state index contributed by atoms with van der Waals surface area (Å²) in [5, 5.41) is 0. The highest BCUT2D eigenvalue weighted by atomic mass is 32.2. The van der Waals surface area contributed by atoms with Crippen LogP contribution in [0.5, 0.6) is 0 Å². The predicted molar refractivity (Wildman–Crippen MR) is 99.3 cm³/mol. The third-order valence-electron chi connectivity index (χ3n) is 4.87. The smallest absolute Gasteiger partial charge is 0.399 e. The van der Waals surface area contributed by atoms with Crippen molar-refractivity contribution >= 4 is 28.3 Å². The standard InChI is InChI=1S/C18H20BF2NO4S/c1-17(2)18(3,4)26-19(25-17)12-5-8-14(9-6-12)22-27(23,24)16-10-7-13(20)11-15(16)21/h5-11,22H,1-4H3. The van der Waals surface area contributed by atoms with Crippen LogP contribution >= 0.6 is 0 Å². The molecule has 1 saturated heterocycles.